The SMILES string of the molecule is CCCc1cccc(Oc2cccc(NC(=O)c3ccc(C)nc3N)c2)c1. The number of hydrogen-bond donors (Lipinski definition) is 2. The first kappa shape index (κ1) is 18.5. The first-order valence-electron chi connectivity index (χ1n) is 8.96. The summed E-state index contributed by atoms with van der Waals surface area (Å²) in [7, 11) is 0. The smallest absolute Gasteiger partial charge is 0.259 e. The molecule has 5 heteroatoms. The number of nitrogen functional groups attached to an aromatic ring is 1. The first-order valence-corrected chi connectivity index (χ1v) is 8.96. The Labute approximate surface area is 159 Å². The summed E-state index contributed by atoms with van der Waals surface area (Å²) in [4.78, 5) is 16.6. The highest BCUT2D eigenvalue weighted by atomic mass is 16.5. The lowest BCUT2D eigenvalue weighted by atomic mass is 10.1. The summed E-state index contributed by atoms with van der Waals surface area (Å²) in [5.41, 5.74) is 8.83. The van der Waals surface area contributed by atoms with Gasteiger partial charge in [-0.25, -0.2) is 4.98 Å². The summed E-state index contributed by atoms with van der Waals surface area (Å²) in [6.45, 7) is 3.98. The average Bonchev–Trinajstić information content (AvgIpc) is 2.62. The van der Waals surface area contributed by atoms with Gasteiger partial charge in [-0.2, -0.15) is 0 Å². The van der Waals surface area contributed by atoms with Gasteiger partial charge in [-0.1, -0.05) is 31.5 Å². The highest BCUT2D eigenvalue weighted by Gasteiger charge is 2.11. The van der Waals surface area contributed by atoms with Crippen molar-refractivity contribution in [2.45, 2.75) is 26.7 Å². The monoisotopic (exact) mass is 361 g/mol. The van der Waals surface area contributed by atoms with Crippen LogP contribution in [-0.2, 0) is 6.42 Å². The molecule has 1 amide bonds. The van der Waals surface area contributed by atoms with Crippen molar-refractivity contribution in [2.75, 3.05) is 11.1 Å². The number of rotatable bonds is 6. The van der Waals surface area contributed by atoms with E-state index in [0.717, 1.165) is 24.3 Å². The van der Waals surface area contributed by atoms with Crippen LogP contribution in [0.1, 0.15) is 35.0 Å². The van der Waals surface area contributed by atoms with Crippen molar-refractivity contribution < 1.29 is 9.53 Å². The maximum atomic E-state index is 12.5. The number of benzene rings is 2. The maximum Gasteiger partial charge on any atom is 0.259 e. The van der Waals surface area contributed by atoms with Crippen LogP contribution >= 0.6 is 0 Å². The first-order chi connectivity index (χ1) is 13.0. The number of aryl methyl sites for hydroxylation is 2. The van der Waals surface area contributed by atoms with Crippen LogP contribution in [0.4, 0.5) is 11.5 Å². The molecule has 5 nitrogen and oxygen atoms in total. The van der Waals surface area contributed by atoms with Gasteiger partial charge in [0.15, 0.2) is 0 Å². The van der Waals surface area contributed by atoms with Crippen LogP contribution in [0.5, 0.6) is 11.5 Å². The highest BCUT2D eigenvalue weighted by Crippen LogP contribution is 2.25. The van der Waals surface area contributed by atoms with Crippen molar-refractivity contribution in [1.29, 1.82) is 0 Å². The minimum Gasteiger partial charge on any atom is -0.457 e. The molecule has 0 radical (unpaired) electrons. The highest BCUT2D eigenvalue weighted by molar-refractivity contribution is 6.07. The second-order valence-corrected chi connectivity index (χ2v) is 6.37. The second kappa shape index (κ2) is 8.36. The van der Waals surface area contributed by atoms with Crippen LogP contribution in [-0.4, -0.2) is 10.9 Å². The summed E-state index contributed by atoms with van der Waals surface area (Å²) in [6, 6.07) is 18.7. The Hall–Kier alpha value is -3.34. The number of carbonyl (C=O) groups is 1. The molecule has 0 spiro atoms. The Morgan fingerprint density at radius 3 is 2.56 bits per heavy atom. The van der Waals surface area contributed by atoms with E-state index >= 15 is 0 Å². The molecule has 1 aromatic heterocycles. The van der Waals surface area contributed by atoms with Crippen LogP contribution in [0.15, 0.2) is 60.7 Å². The molecule has 3 rings (SSSR count). The van der Waals surface area contributed by atoms with Gasteiger partial charge in [-0.3, -0.25) is 4.79 Å². The van der Waals surface area contributed by atoms with Crippen LogP contribution in [0.2, 0.25) is 0 Å². The molecule has 0 saturated carbocycles. The number of carbonyl (C=O) groups excluding carboxylic acids is 1. The third kappa shape index (κ3) is 4.85. The lowest BCUT2D eigenvalue weighted by Crippen LogP contribution is -2.15. The van der Waals surface area contributed by atoms with Gasteiger partial charge < -0.3 is 15.8 Å². The van der Waals surface area contributed by atoms with E-state index < -0.39 is 0 Å². The molecule has 0 atom stereocenters. The Kier molecular flexibility index (Phi) is 5.71. The fraction of sp³-hybridized carbons (Fsp3) is 0.182. The molecule has 138 valence electrons. The fourth-order valence-corrected chi connectivity index (χ4v) is 2.79. The number of amides is 1. The Bertz CT molecular complexity index is 954. The predicted octanol–water partition coefficient (Wildman–Crippen LogP) is 4.97. The number of ether oxygens (including phenoxy) is 1. The van der Waals surface area contributed by atoms with Gasteiger partial charge in [0.1, 0.15) is 17.3 Å². The number of aromatic nitrogens is 1. The van der Waals surface area contributed by atoms with Gasteiger partial charge in [0.25, 0.3) is 5.91 Å². The molecule has 0 unspecified atom stereocenters. The molecule has 0 saturated heterocycles. The van der Waals surface area contributed by atoms with Crippen molar-refractivity contribution in [3.05, 3.63) is 77.5 Å². The minimum atomic E-state index is -0.304. The molecule has 1 heterocycles. The molecule has 0 bridgehead atoms. The summed E-state index contributed by atoms with van der Waals surface area (Å²) >= 11 is 0. The normalized spacial score (nSPS) is 10.4. The molecule has 0 aliphatic carbocycles. The molecular weight excluding hydrogens is 338 g/mol. The Morgan fingerprint density at radius 2 is 1.81 bits per heavy atom. The van der Waals surface area contributed by atoms with Gasteiger partial charge in [0.2, 0.25) is 0 Å². The van der Waals surface area contributed by atoms with Gasteiger partial charge in [-0.15, -0.1) is 0 Å². The van der Waals surface area contributed by atoms with Crippen molar-refractivity contribution in [2.24, 2.45) is 0 Å². The van der Waals surface area contributed by atoms with E-state index in [1.807, 2.05) is 37.3 Å². The molecule has 2 aromatic carbocycles. The van der Waals surface area contributed by atoms with E-state index in [9.17, 15) is 4.79 Å². The quantitative estimate of drug-likeness (QED) is 0.650. The van der Waals surface area contributed by atoms with Crippen LogP contribution in [0.25, 0.3) is 0 Å². The number of anilines is 2. The molecule has 0 aliphatic rings. The Morgan fingerprint density at radius 1 is 1.07 bits per heavy atom. The van der Waals surface area contributed by atoms with Gasteiger partial charge in [-0.05, 0) is 55.3 Å². The van der Waals surface area contributed by atoms with E-state index in [4.69, 9.17) is 10.5 Å². The van der Waals surface area contributed by atoms with E-state index in [1.165, 1.54) is 5.56 Å². The third-order valence-electron chi connectivity index (χ3n) is 4.07. The fourth-order valence-electron chi connectivity index (χ4n) is 2.79. The third-order valence-corrected chi connectivity index (χ3v) is 4.07. The van der Waals surface area contributed by atoms with Gasteiger partial charge in [0.05, 0.1) is 5.56 Å². The van der Waals surface area contributed by atoms with Gasteiger partial charge in [0, 0.05) is 17.4 Å². The second-order valence-electron chi connectivity index (χ2n) is 6.37. The zero-order chi connectivity index (χ0) is 19.2. The van der Waals surface area contributed by atoms with Crippen molar-refractivity contribution in [1.82, 2.24) is 4.98 Å². The zero-order valence-electron chi connectivity index (χ0n) is 15.5. The van der Waals surface area contributed by atoms with E-state index in [0.29, 0.717) is 17.0 Å². The van der Waals surface area contributed by atoms with Gasteiger partial charge >= 0.3 is 0 Å². The van der Waals surface area contributed by atoms with E-state index in [2.05, 4.69) is 23.3 Å². The number of pyridine rings is 1. The molecule has 0 fully saturated rings. The van der Waals surface area contributed by atoms with E-state index in [1.54, 1.807) is 24.3 Å². The van der Waals surface area contributed by atoms with Crippen molar-refractivity contribution >= 4 is 17.4 Å². The van der Waals surface area contributed by atoms with Crippen LogP contribution in [0.3, 0.4) is 0 Å². The summed E-state index contributed by atoms with van der Waals surface area (Å²) in [5, 5.41) is 2.84. The number of nitrogens with two attached hydrogens (primary N) is 1. The number of hydrogen-bond acceptors (Lipinski definition) is 4. The number of nitrogens with one attached hydrogen (secondary N) is 1. The van der Waals surface area contributed by atoms with Crippen LogP contribution in [0, 0.1) is 6.92 Å². The zero-order valence-corrected chi connectivity index (χ0v) is 15.5. The van der Waals surface area contributed by atoms with E-state index in [-0.39, 0.29) is 11.7 Å². The molecule has 0 aliphatic heterocycles. The number of nitrogens with zero attached hydrogens (tertiary/aromatic N) is 1. The minimum absolute atomic E-state index is 0.215. The molecule has 27 heavy (non-hydrogen) atoms. The average molecular weight is 361 g/mol. The molecular formula is C22H23N3O2. The standard InChI is InChI=1S/C22H23N3O2/c1-3-6-16-7-4-9-18(13-16)27-19-10-5-8-17(14-19)25-22(26)20-12-11-15(2)24-21(20)23/h4-5,7-14H,3,6H2,1-2H3,(H2,23,24)(H,25,26). The summed E-state index contributed by atoms with van der Waals surface area (Å²) < 4.78 is 5.94. The van der Waals surface area contributed by atoms with Crippen LogP contribution < -0.4 is 15.8 Å². The topological polar surface area (TPSA) is 77.2 Å². The lowest BCUT2D eigenvalue weighted by molar-refractivity contribution is 0.102. The van der Waals surface area contributed by atoms with Crippen molar-refractivity contribution in [3.63, 3.8) is 0 Å². The van der Waals surface area contributed by atoms with Crippen molar-refractivity contribution in [3.8, 4) is 11.5 Å². The Balaban J connectivity index is 1.73. The molecule has 3 aromatic rings. The molecule has 3 N–H and O–H groups in total. The summed E-state index contributed by atoms with van der Waals surface area (Å²) in [5.74, 6) is 1.34. The predicted molar refractivity (Wildman–Crippen MR) is 108 cm³/mol. The summed E-state index contributed by atoms with van der Waals surface area (Å²) in [6.07, 6.45) is 2.10. The maximum absolute atomic E-state index is 12.5. The largest absolute Gasteiger partial charge is 0.457 e. The lowest BCUT2D eigenvalue weighted by Gasteiger charge is -2.11.